The van der Waals surface area contributed by atoms with Crippen LogP contribution in [0.1, 0.15) is 0 Å². The van der Waals surface area contributed by atoms with Crippen molar-refractivity contribution >= 4 is 15.8 Å². The Hall–Kier alpha value is -2.48. The second kappa shape index (κ2) is 6.45. The Bertz CT molecular complexity index is 579. The molecule has 2 aromatic rings. The molecule has 0 radical (unpaired) electrons. The third-order valence-electron chi connectivity index (χ3n) is 1.84. The van der Waals surface area contributed by atoms with Crippen molar-refractivity contribution in [2.45, 2.75) is 10.1 Å². The maximum absolute atomic E-state index is 11.9. The first-order valence-electron chi connectivity index (χ1n) is 5.11. The summed E-state index contributed by atoms with van der Waals surface area (Å²) < 4.78 is 23.8. The topological polar surface area (TPSA) is 136 Å². The molecule has 0 aliphatic rings. The average molecular weight is 279 g/mol. The fraction of sp³-hybridized carbons (Fsp3) is 0. The molecule has 0 spiro atoms. The highest BCUT2D eigenvalue weighted by atomic mass is 32.2. The third-order valence-corrected chi connectivity index (χ3v) is 3.42. The molecule has 0 saturated carbocycles. The van der Waals surface area contributed by atoms with Gasteiger partial charge in [0.05, 0.1) is 4.90 Å². The molecule has 1 heterocycles. The molecule has 1 aromatic heterocycles. The van der Waals surface area contributed by atoms with Gasteiger partial charge in [0.1, 0.15) is 0 Å². The highest BCUT2D eigenvalue weighted by molar-refractivity contribution is 7.91. The number of benzene rings is 1. The Labute approximate surface area is 110 Å². The van der Waals surface area contributed by atoms with Gasteiger partial charge in [-0.2, -0.15) is 0 Å². The van der Waals surface area contributed by atoms with Gasteiger partial charge in [-0.25, -0.2) is 18.4 Å². The summed E-state index contributed by atoms with van der Waals surface area (Å²) in [6, 6.07) is 9.69. The lowest BCUT2D eigenvalue weighted by atomic mass is 10.4. The molecular weight excluding hydrogens is 266 g/mol. The Morgan fingerprint density at radius 1 is 1.00 bits per heavy atom. The summed E-state index contributed by atoms with van der Waals surface area (Å²) in [6.45, 7) is 0. The highest BCUT2D eigenvalue weighted by Gasteiger charge is 2.19. The standard InChI is InChI=1S/C10H8N2O2S.CH5N3/c13-15(14,9-5-2-1-3-6-9)10-11-7-4-8-12-10;2-1(3)4/h1-8H;(H5,2,3,4). The molecule has 5 N–H and O–H groups in total. The molecule has 0 unspecified atom stereocenters. The van der Waals surface area contributed by atoms with Gasteiger partial charge in [-0.05, 0) is 18.2 Å². The molecule has 0 saturated heterocycles. The number of sulfone groups is 1. The van der Waals surface area contributed by atoms with E-state index in [1.165, 1.54) is 24.5 Å². The number of hydrogen-bond acceptors (Lipinski definition) is 5. The first kappa shape index (κ1) is 14.6. The van der Waals surface area contributed by atoms with Crippen LogP contribution < -0.4 is 11.5 Å². The van der Waals surface area contributed by atoms with Crippen LogP contribution >= 0.6 is 0 Å². The minimum absolute atomic E-state index is 0.170. The van der Waals surface area contributed by atoms with E-state index in [-0.39, 0.29) is 16.0 Å². The van der Waals surface area contributed by atoms with E-state index in [0.717, 1.165) is 0 Å². The van der Waals surface area contributed by atoms with E-state index < -0.39 is 9.84 Å². The van der Waals surface area contributed by atoms with E-state index in [1.54, 1.807) is 24.3 Å². The largest absolute Gasteiger partial charge is 0.370 e. The van der Waals surface area contributed by atoms with Crippen molar-refractivity contribution in [3.05, 3.63) is 48.8 Å². The summed E-state index contributed by atoms with van der Waals surface area (Å²) in [5, 5.41) is 5.89. The van der Waals surface area contributed by atoms with Gasteiger partial charge < -0.3 is 11.5 Å². The monoisotopic (exact) mass is 279 g/mol. The van der Waals surface area contributed by atoms with Gasteiger partial charge in [-0.3, -0.25) is 5.41 Å². The third kappa shape index (κ3) is 4.36. The van der Waals surface area contributed by atoms with Crippen LogP contribution in [0.25, 0.3) is 0 Å². The molecule has 100 valence electrons. The number of aromatic nitrogens is 2. The fourth-order valence-electron chi connectivity index (χ4n) is 1.13. The fourth-order valence-corrected chi connectivity index (χ4v) is 2.25. The first-order chi connectivity index (χ1) is 8.94. The van der Waals surface area contributed by atoms with Crippen LogP contribution in [0.4, 0.5) is 0 Å². The van der Waals surface area contributed by atoms with E-state index in [1.807, 2.05) is 0 Å². The number of nitrogens with two attached hydrogens (primary N) is 2. The first-order valence-corrected chi connectivity index (χ1v) is 6.59. The Morgan fingerprint density at radius 2 is 1.47 bits per heavy atom. The smallest absolute Gasteiger partial charge is 0.251 e. The highest BCUT2D eigenvalue weighted by Crippen LogP contribution is 2.15. The van der Waals surface area contributed by atoms with Crippen LogP contribution in [0.15, 0.2) is 58.8 Å². The SMILES string of the molecule is N=C(N)N.O=S(=O)(c1ccccc1)c1ncccn1. The van der Waals surface area contributed by atoms with Crippen LogP contribution in [0, 0.1) is 5.41 Å². The zero-order chi connectivity index (χ0) is 14.3. The molecule has 8 heteroatoms. The summed E-state index contributed by atoms with van der Waals surface area (Å²) in [7, 11) is -3.56. The maximum atomic E-state index is 11.9. The van der Waals surface area contributed by atoms with Gasteiger partial charge in [0.2, 0.25) is 9.84 Å². The predicted octanol–water partition coefficient (Wildman–Crippen LogP) is 0.148. The summed E-state index contributed by atoms with van der Waals surface area (Å²) >= 11 is 0. The maximum Gasteiger partial charge on any atom is 0.251 e. The molecule has 0 amide bonds. The molecule has 2 rings (SSSR count). The minimum atomic E-state index is -3.56. The molecule has 0 atom stereocenters. The van der Waals surface area contributed by atoms with Crippen LogP contribution in [0.2, 0.25) is 0 Å². The van der Waals surface area contributed by atoms with Crippen molar-refractivity contribution < 1.29 is 8.42 Å². The van der Waals surface area contributed by atoms with E-state index in [0.29, 0.717) is 0 Å². The van der Waals surface area contributed by atoms with Crippen molar-refractivity contribution in [2.24, 2.45) is 11.5 Å². The van der Waals surface area contributed by atoms with E-state index in [2.05, 4.69) is 21.4 Å². The van der Waals surface area contributed by atoms with Crippen LogP contribution in [0.5, 0.6) is 0 Å². The molecule has 0 aliphatic carbocycles. The lowest BCUT2D eigenvalue weighted by molar-refractivity contribution is 0.587. The zero-order valence-electron chi connectivity index (χ0n) is 9.89. The number of nitrogens with zero attached hydrogens (tertiary/aromatic N) is 2. The van der Waals surface area contributed by atoms with Crippen LogP contribution in [-0.2, 0) is 9.84 Å². The van der Waals surface area contributed by atoms with Crippen molar-refractivity contribution in [1.29, 1.82) is 5.41 Å². The Balaban J connectivity index is 0.000000399. The van der Waals surface area contributed by atoms with Gasteiger partial charge in [-0.15, -0.1) is 0 Å². The van der Waals surface area contributed by atoms with Gasteiger partial charge in [-0.1, -0.05) is 18.2 Å². The van der Waals surface area contributed by atoms with Crippen molar-refractivity contribution in [3.63, 3.8) is 0 Å². The van der Waals surface area contributed by atoms with Crippen LogP contribution in [-0.4, -0.2) is 24.3 Å². The summed E-state index contributed by atoms with van der Waals surface area (Å²) in [5.41, 5.74) is 8.94. The van der Waals surface area contributed by atoms with Gasteiger partial charge in [0.15, 0.2) is 5.96 Å². The molecule has 19 heavy (non-hydrogen) atoms. The van der Waals surface area contributed by atoms with E-state index in [9.17, 15) is 8.42 Å². The Morgan fingerprint density at radius 3 is 1.95 bits per heavy atom. The normalized spacial score (nSPS) is 10.1. The second-order valence-electron chi connectivity index (χ2n) is 3.30. The summed E-state index contributed by atoms with van der Waals surface area (Å²) in [5.74, 6) is -0.333. The van der Waals surface area contributed by atoms with Crippen molar-refractivity contribution in [3.8, 4) is 0 Å². The Kier molecular flexibility index (Phi) is 4.95. The van der Waals surface area contributed by atoms with Gasteiger partial charge in [0.25, 0.3) is 5.16 Å². The lowest BCUT2D eigenvalue weighted by Gasteiger charge is -2.00. The molecule has 0 fully saturated rings. The van der Waals surface area contributed by atoms with Crippen LogP contribution in [0.3, 0.4) is 0 Å². The number of rotatable bonds is 2. The molecule has 0 bridgehead atoms. The minimum Gasteiger partial charge on any atom is -0.370 e. The number of hydrogen-bond donors (Lipinski definition) is 3. The number of guanidine groups is 1. The van der Waals surface area contributed by atoms with E-state index in [4.69, 9.17) is 5.41 Å². The van der Waals surface area contributed by atoms with Gasteiger partial charge >= 0.3 is 0 Å². The zero-order valence-corrected chi connectivity index (χ0v) is 10.7. The quantitative estimate of drug-likeness (QED) is 0.406. The molecule has 0 aliphatic heterocycles. The summed E-state index contributed by atoms with van der Waals surface area (Å²) in [6.07, 6.45) is 2.81. The number of nitrogens with one attached hydrogen (secondary N) is 1. The average Bonchev–Trinajstić information content (AvgIpc) is 2.40. The molecule has 1 aromatic carbocycles. The predicted molar refractivity (Wildman–Crippen MR) is 70.0 cm³/mol. The van der Waals surface area contributed by atoms with Crippen molar-refractivity contribution in [1.82, 2.24) is 9.97 Å². The lowest BCUT2D eigenvalue weighted by Crippen LogP contribution is -2.20. The molecule has 7 nitrogen and oxygen atoms in total. The van der Waals surface area contributed by atoms with E-state index >= 15 is 0 Å². The summed E-state index contributed by atoms with van der Waals surface area (Å²) in [4.78, 5) is 7.66. The second-order valence-corrected chi connectivity index (χ2v) is 5.15. The van der Waals surface area contributed by atoms with Gasteiger partial charge in [0, 0.05) is 12.4 Å². The van der Waals surface area contributed by atoms with Crippen molar-refractivity contribution in [2.75, 3.05) is 0 Å². The molecular formula is C11H13N5O2S.